The molecule has 0 bridgehead atoms. The molecule has 2 nitrogen and oxygen atoms in total. The van der Waals surface area contributed by atoms with Gasteiger partial charge in [-0.1, -0.05) is 6.92 Å². The van der Waals surface area contributed by atoms with E-state index in [1.165, 1.54) is 0 Å². The predicted octanol–water partition coefficient (Wildman–Crippen LogP) is 1.80. The van der Waals surface area contributed by atoms with Gasteiger partial charge in [-0.3, -0.25) is 0 Å². The van der Waals surface area contributed by atoms with E-state index in [9.17, 15) is 0 Å². The van der Waals surface area contributed by atoms with Gasteiger partial charge in [0.2, 0.25) is 0 Å². The van der Waals surface area contributed by atoms with Crippen molar-refractivity contribution in [2.75, 3.05) is 13.2 Å². The molecule has 1 fully saturated rings. The number of rotatable bonds is 5. The number of ether oxygens (including phenoxy) is 1. The largest absolute Gasteiger partial charge is 0.378 e. The van der Waals surface area contributed by atoms with Gasteiger partial charge in [-0.25, -0.2) is 0 Å². The topological polar surface area (TPSA) is 21.3 Å². The first-order chi connectivity index (χ1) is 6.77. The third-order valence-electron chi connectivity index (χ3n) is 2.79. The lowest BCUT2D eigenvalue weighted by Gasteiger charge is -2.21. The first kappa shape index (κ1) is 11.6. The molecule has 0 radical (unpaired) electrons. The second-order valence-electron chi connectivity index (χ2n) is 4.11. The minimum Gasteiger partial charge on any atom is -0.378 e. The van der Waals surface area contributed by atoms with Crippen molar-refractivity contribution in [1.29, 1.82) is 0 Å². The molecule has 0 spiro atoms. The Labute approximate surface area is 87.4 Å². The summed E-state index contributed by atoms with van der Waals surface area (Å²) >= 11 is 0. The lowest BCUT2D eigenvalue weighted by atomic mass is 9.94. The summed E-state index contributed by atoms with van der Waals surface area (Å²) in [5, 5.41) is 3.51. The van der Waals surface area contributed by atoms with Gasteiger partial charge >= 0.3 is 0 Å². The van der Waals surface area contributed by atoms with E-state index >= 15 is 0 Å². The fourth-order valence-corrected chi connectivity index (χ4v) is 1.99. The van der Waals surface area contributed by atoms with Gasteiger partial charge in [0, 0.05) is 18.4 Å². The van der Waals surface area contributed by atoms with Crippen LogP contribution in [0.5, 0.6) is 0 Å². The maximum Gasteiger partial charge on any atom is 0.0551 e. The molecule has 0 amide bonds. The molecule has 0 aromatic heterocycles. The molecule has 1 N–H and O–H groups in total. The van der Waals surface area contributed by atoms with Gasteiger partial charge in [0.1, 0.15) is 0 Å². The van der Waals surface area contributed by atoms with Gasteiger partial charge in [0.05, 0.1) is 12.7 Å². The van der Waals surface area contributed by atoms with E-state index in [2.05, 4.69) is 25.1 Å². The summed E-state index contributed by atoms with van der Waals surface area (Å²) in [5.74, 6) is 3.35. The standard InChI is InChI=1S/C12H21NO/c1-4-6-12(13-7-5-2)11-8-10(3)14-9-11/h1,10-13H,5-9H2,2-3H3. The Hall–Kier alpha value is -0.520. The van der Waals surface area contributed by atoms with E-state index in [1.807, 2.05) is 0 Å². The quantitative estimate of drug-likeness (QED) is 0.675. The smallest absolute Gasteiger partial charge is 0.0551 e. The zero-order chi connectivity index (χ0) is 10.4. The van der Waals surface area contributed by atoms with Crippen LogP contribution in [0.1, 0.15) is 33.1 Å². The number of hydrogen-bond acceptors (Lipinski definition) is 2. The highest BCUT2D eigenvalue weighted by Gasteiger charge is 2.28. The Balaban J connectivity index is 2.37. The van der Waals surface area contributed by atoms with Gasteiger partial charge in [0.15, 0.2) is 0 Å². The van der Waals surface area contributed by atoms with Gasteiger partial charge in [-0.2, -0.15) is 0 Å². The van der Waals surface area contributed by atoms with Crippen molar-refractivity contribution in [1.82, 2.24) is 5.32 Å². The Bertz CT molecular complexity index is 197. The van der Waals surface area contributed by atoms with E-state index in [4.69, 9.17) is 11.2 Å². The molecule has 0 aliphatic carbocycles. The van der Waals surface area contributed by atoms with Crippen molar-refractivity contribution in [3.63, 3.8) is 0 Å². The second-order valence-corrected chi connectivity index (χ2v) is 4.11. The maximum atomic E-state index is 5.56. The highest BCUT2D eigenvalue weighted by molar-refractivity contribution is 4.94. The number of hydrogen-bond donors (Lipinski definition) is 1. The van der Waals surface area contributed by atoms with Gasteiger partial charge < -0.3 is 10.1 Å². The van der Waals surface area contributed by atoms with Crippen LogP contribution in [-0.2, 0) is 4.74 Å². The van der Waals surface area contributed by atoms with Crippen molar-refractivity contribution >= 4 is 0 Å². The molecule has 0 aromatic rings. The molecule has 1 aliphatic heterocycles. The van der Waals surface area contributed by atoms with E-state index in [1.54, 1.807) is 0 Å². The molecule has 14 heavy (non-hydrogen) atoms. The first-order valence-electron chi connectivity index (χ1n) is 5.56. The summed E-state index contributed by atoms with van der Waals surface area (Å²) in [5.41, 5.74) is 0. The molecule has 3 atom stereocenters. The van der Waals surface area contributed by atoms with Gasteiger partial charge in [-0.05, 0) is 26.3 Å². The Morgan fingerprint density at radius 1 is 1.64 bits per heavy atom. The molecule has 0 aromatic carbocycles. The van der Waals surface area contributed by atoms with Crippen LogP contribution in [0.25, 0.3) is 0 Å². The summed E-state index contributed by atoms with van der Waals surface area (Å²) in [7, 11) is 0. The average Bonchev–Trinajstić information content (AvgIpc) is 2.59. The first-order valence-corrected chi connectivity index (χ1v) is 5.56. The molecule has 1 rings (SSSR count). The van der Waals surface area contributed by atoms with Crippen LogP contribution in [0.2, 0.25) is 0 Å². The third-order valence-corrected chi connectivity index (χ3v) is 2.79. The summed E-state index contributed by atoms with van der Waals surface area (Å²) in [6.45, 7) is 6.22. The van der Waals surface area contributed by atoms with E-state index in [-0.39, 0.29) is 0 Å². The summed E-state index contributed by atoms with van der Waals surface area (Å²) in [6.07, 6.45) is 8.90. The molecule has 3 unspecified atom stereocenters. The Kier molecular flexibility index (Phi) is 5.00. The average molecular weight is 195 g/mol. The highest BCUT2D eigenvalue weighted by Crippen LogP contribution is 2.23. The fraction of sp³-hybridized carbons (Fsp3) is 0.833. The van der Waals surface area contributed by atoms with Crippen LogP contribution in [0.3, 0.4) is 0 Å². The Morgan fingerprint density at radius 3 is 2.93 bits per heavy atom. The lowest BCUT2D eigenvalue weighted by molar-refractivity contribution is 0.117. The molecule has 1 aliphatic rings. The molecule has 0 saturated carbocycles. The van der Waals surface area contributed by atoms with Crippen LogP contribution in [0, 0.1) is 18.3 Å². The van der Waals surface area contributed by atoms with Crippen LogP contribution in [0.15, 0.2) is 0 Å². The SMILES string of the molecule is C#CCC(NCCC)C1COC(C)C1. The van der Waals surface area contributed by atoms with Gasteiger partial charge in [-0.15, -0.1) is 12.3 Å². The normalized spacial score (nSPS) is 28.6. The molecular weight excluding hydrogens is 174 g/mol. The molecule has 2 heteroatoms. The van der Waals surface area contributed by atoms with Crippen molar-refractivity contribution < 1.29 is 4.74 Å². The second kappa shape index (κ2) is 6.06. The maximum absolute atomic E-state index is 5.56. The minimum absolute atomic E-state index is 0.406. The minimum atomic E-state index is 0.406. The number of nitrogens with one attached hydrogen (secondary N) is 1. The van der Waals surface area contributed by atoms with Crippen molar-refractivity contribution in [3.8, 4) is 12.3 Å². The molecular formula is C12H21NO. The molecule has 1 heterocycles. The van der Waals surface area contributed by atoms with Crippen LogP contribution in [-0.4, -0.2) is 25.3 Å². The van der Waals surface area contributed by atoms with Crippen molar-refractivity contribution in [2.24, 2.45) is 5.92 Å². The summed E-state index contributed by atoms with van der Waals surface area (Å²) in [4.78, 5) is 0. The lowest BCUT2D eigenvalue weighted by Crippen LogP contribution is -2.36. The zero-order valence-corrected chi connectivity index (χ0v) is 9.25. The van der Waals surface area contributed by atoms with E-state index in [0.29, 0.717) is 18.1 Å². The monoisotopic (exact) mass is 195 g/mol. The van der Waals surface area contributed by atoms with Gasteiger partial charge in [0.25, 0.3) is 0 Å². The highest BCUT2D eigenvalue weighted by atomic mass is 16.5. The van der Waals surface area contributed by atoms with E-state index in [0.717, 1.165) is 32.4 Å². The Morgan fingerprint density at radius 2 is 2.43 bits per heavy atom. The van der Waals surface area contributed by atoms with E-state index < -0.39 is 0 Å². The predicted molar refractivity (Wildman–Crippen MR) is 59.1 cm³/mol. The zero-order valence-electron chi connectivity index (χ0n) is 9.25. The van der Waals surface area contributed by atoms with Crippen molar-refractivity contribution in [2.45, 2.75) is 45.3 Å². The third kappa shape index (κ3) is 3.32. The molecule has 80 valence electrons. The summed E-state index contributed by atoms with van der Waals surface area (Å²) in [6, 6.07) is 0.449. The van der Waals surface area contributed by atoms with Crippen molar-refractivity contribution in [3.05, 3.63) is 0 Å². The number of terminal acetylenes is 1. The van der Waals surface area contributed by atoms with Crippen LogP contribution < -0.4 is 5.32 Å². The fourth-order valence-electron chi connectivity index (χ4n) is 1.99. The van der Waals surface area contributed by atoms with Crippen LogP contribution >= 0.6 is 0 Å². The van der Waals surface area contributed by atoms with Crippen LogP contribution in [0.4, 0.5) is 0 Å². The molecule has 1 saturated heterocycles. The summed E-state index contributed by atoms with van der Waals surface area (Å²) < 4.78 is 5.56.